The molecule has 15 heavy (non-hydrogen) atoms. The molecule has 0 saturated heterocycles. The zero-order valence-corrected chi connectivity index (χ0v) is 8.50. The Balaban J connectivity index is 2.42. The Morgan fingerprint density at radius 1 is 1.27 bits per heavy atom. The van der Waals surface area contributed by atoms with Crippen LogP contribution in [0.4, 0.5) is 4.39 Å². The Hall–Kier alpha value is -1.45. The molecule has 82 valence electrons. The van der Waals surface area contributed by atoms with Crippen molar-refractivity contribution in [2.24, 2.45) is 0 Å². The topological polar surface area (TPSA) is 38.7 Å². The number of hydrogen-bond acceptors (Lipinski definition) is 3. The Morgan fingerprint density at radius 2 is 1.87 bits per heavy atom. The summed E-state index contributed by atoms with van der Waals surface area (Å²) in [5.74, 6) is 0.897. The quantitative estimate of drug-likeness (QED) is 0.777. The maximum atomic E-state index is 13.1. The Morgan fingerprint density at radius 3 is 2.47 bits per heavy atom. The number of ether oxygens (including phenoxy) is 2. The predicted octanol–water partition coefficient (Wildman–Crippen LogP) is 2.58. The van der Waals surface area contributed by atoms with Crippen LogP contribution < -0.4 is 9.47 Å². The lowest BCUT2D eigenvalue weighted by Crippen LogP contribution is -1.97. The van der Waals surface area contributed by atoms with Crippen LogP contribution in [0, 0.1) is 0 Å². The van der Waals surface area contributed by atoms with E-state index in [1.807, 2.05) is 0 Å². The Kier molecular flexibility index (Phi) is 2.66. The summed E-state index contributed by atoms with van der Waals surface area (Å²) in [7, 11) is 0. The molecular formula is C11H13FO3. The Labute approximate surface area is 87.4 Å². The standard InChI is InChI=1S/C11H13FO3/c1-7(12)8-5-10-11(6-9(8)13)15-4-2-3-14-10/h5-7,13H,2-4H2,1H3. The number of aromatic hydroxyl groups is 1. The van der Waals surface area contributed by atoms with Crippen LogP contribution in [-0.2, 0) is 0 Å². The van der Waals surface area contributed by atoms with Gasteiger partial charge in [0.2, 0.25) is 0 Å². The number of alkyl halides is 1. The molecule has 1 aliphatic heterocycles. The fraction of sp³-hybridized carbons (Fsp3) is 0.455. The summed E-state index contributed by atoms with van der Waals surface area (Å²) in [5.41, 5.74) is 0.235. The van der Waals surface area contributed by atoms with E-state index in [0.29, 0.717) is 24.7 Å². The number of hydrogen-bond donors (Lipinski definition) is 1. The molecule has 3 nitrogen and oxygen atoms in total. The summed E-state index contributed by atoms with van der Waals surface area (Å²) in [5, 5.41) is 9.55. The average Bonchev–Trinajstić information content (AvgIpc) is 2.40. The summed E-state index contributed by atoms with van der Waals surface area (Å²) in [6.07, 6.45) is -0.433. The van der Waals surface area contributed by atoms with E-state index in [1.165, 1.54) is 19.1 Å². The van der Waals surface area contributed by atoms with E-state index in [0.717, 1.165) is 6.42 Å². The molecule has 4 heteroatoms. The van der Waals surface area contributed by atoms with Crippen LogP contribution >= 0.6 is 0 Å². The van der Waals surface area contributed by atoms with Crippen molar-refractivity contribution in [1.82, 2.24) is 0 Å². The number of benzene rings is 1. The predicted molar refractivity (Wildman–Crippen MR) is 53.2 cm³/mol. The van der Waals surface area contributed by atoms with Crippen LogP contribution in [-0.4, -0.2) is 18.3 Å². The van der Waals surface area contributed by atoms with Gasteiger partial charge in [0.25, 0.3) is 0 Å². The summed E-state index contributed by atoms with van der Waals surface area (Å²) >= 11 is 0. The molecular weight excluding hydrogens is 199 g/mol. The third-order valence-electron chi connectivity index (χ3n) is 2.33. The van der Waals surface area contributed by atoms with Gasteiger partial charge in [-0.25, -0.2) is 4.39 Å². The van der Waals surface area contributed by atoms with Gasteiger partial charge in [0.1, 0.15) is 11.9 Å². The highest BCUT2D eigenvalue weighted by Crippen LogP contribution is 2.38. The van der Waals surface area contributed by atoms with Gasteiger partial charge in [-0.05, 0) is 13.0 Å². The number of rotatable bonds is 1. The molecule has 1 atom stereocenters. The van der Waals surface area contributed by atoms with Gasteiger partial charge in [0, 0.05) is 18.1 Å². The molecule has 1 heterocycles. The molecule has 0 amide bonds. The van der Waals surface area contributed by atoms with Crippen molar-refractivity contribution in [2.45, 2.75) is 19.5 Å². The van der Waals surface area contributed by atoms with Crippen molar-refractivity contribution in [1.29, 1.82) is 0 Å². The Bertz CT molecular complexity index is 363. The summed E-state index contributed by atoms with van der Waals surface area (Å²) < 4.78 is 23.9. The van der Waals surface area contributed by atoms with Gasteiger partial charge in [-0.15, -0.1) is 0 Å². The zero-order valence-electron chi connectivity index (χ0n) is 8.50. The normalized spacial score (nSPS) is 16.9. The molecule has 1 aromatic carbocycles. The van der Waals surface area contributed by atoms with Crippen molar-refractivity contribution in [3.05, 3.63) is 17.7 Å². The number of phenolic OH excluding ortho intramolecular Hbond substituents is 1. The van der Waals surface area contributed by atoms with Gasteiger partial charge >= 0.3 is 0 Å². The van der Waals surface area contributed by atoms with Gasteiger partial charge in [-0.3, -0.25) is 0 Å². The third-order valence-corrected chi connectivity index (χ3v) is 2.33. The number of halogens is 1. The molecule has 1 unspecified atom stereocenters. The van der Waals surface area contributed by atoms with E-state index in [1.54, 1.807) is 0 Å². The number of phenols is 1. The molecule has 0 bridgehead atoms. The first-order valence-corrected chi connectivity index (χ1v) is 4.95. The van der Waals surface area contributed by atoms with Crippen LogP contribution in [0.5, 0.6) is 17.2 Å². The van der Waals surface area contributed by atoms with E-state index >= 15 is 0 Å². The smallest absolute Gasteiger partial charge is 0.164 e. The molecule has 2 rings (SSSR count). The lowest BCUT2D eigenvalue weighted by Gasteiger charge is -2.11. The minimum Gasteiger partial charge on any atom is -0.507 e. The molecule has 0 saturated carbocycles. The van der Waals surface area contributed by atoms with Gasteiger partial charge in [0.15, 0.2) is 11.5 Å². The third kappa shape index (κ3) is 1.98. The highest BCUT2D eigenvalue weighted by Gasteiger charge is 2.17. The van der Waals surface area contributed by atoms with Crippen molar-refractivity contribution >= 4 is 0 Å². The van der Waals surface area contributed by atoms with Crippen LogP contribution in [0.3, 0.4) is 0 Å². The molecule has 0 aromatic heterocycles. The first-order chi connectivity index (χ1) is 7.18. The average molecular weight is 212 g/mol. The second-order valence-corrected chi connectivity index (χ2v) is 3.52. The van der Waals surface area contributed by atoms with Gasteiger partial charge in [-0.1, -0.05) is 0 Å². The molecule has 0 radical (unpaired) electrons. The second kappa shape index (κ2) is 3.96. The monoisotopic (exact) mass is 212 g/mol. The molecule has 0 aliphatic carbocycles. The minimum absolute atomic E-state index is 0.0887. The summed E-state index contributed by atoms with van der Waals surface area (Å²) in [6.45, 7) is 2.48. The van der Waals surface area contributed by atoms with Crippen LogP contribution in [0.25, 0.3) is 0 Å². The van der Waals surface area contributed by atoms with Crippen molar-refractivity contribution in [3.63, 3.8) is 0 Å². The van der Waals surface area contributed by atoms with E-state index in [9.17, 15) is 9.50 Å². The minimum atomic E-state index is -1.22. The lowest BCUT2D eigenvalue weighted by molar-refractivity contribution is 0.296. The molecule has 0 fully saturated rings. The van der Waals surface area contributed by atoms with Crippen molar-refractivity contribution in [2.75, 3.05) is 13.2 Å². The molecule has 0 spiro atoms. The van der Waals surface area contributed by atoms with Gasteiger partial charge < -0.3 is 14.6 Å². The van der Waals surface area contributed by atoms with Crippen molar-refractivity contribution in [3.8, 4) is 17.2 Å². The highest BCUT2D eigenvalue weighted by molar-refractivity contribution is 5.51. The fourth-order valence-electron chi connectivity index (χ4n) is 1.53. The maximum Gasteiger partial charge on any atom is 0.164 e. The van der Waals surface area contributed by atoms with E-state index in [-0.39, 0.29) is 11.3 Å². The van der Waals surface area contributed by atoms with Crippen LogP contribution in [0.15, 0.2) is 12.1 Å². The molecule has 1 aromatic rings. The fourth-order valence-corrected chi connectivity index (χ4v) is 1.53. The first kappa shape index (κ1) is 10.1. The van der Waals surface area contributed by atoms with Gasteiger partial charge in [0.05, 0.1) is 13.2 Å². The zero-order chi connectivity index (χ0) is 10.8. The summed E-state index contributed by atoms with van der Waals surface area (Å²) in [4.78, 5) is 0. The van der Waals surface area contributed by atoms with E-state index < -0.39 is 6.17 Å². The summed E-state index contributed by atoms with van der Waals surface area (Å²) in [6, 6.07) is 2.91. The van der Waals surface area contributed by atoms with Crippen LogP contribution in [0.2, 0.25) is 0 Å². The van der Waals surface area contributed by atoms with Gasteiger partial charge in [-0.2, -0.15) is 0 Å². The van der Waals surface area contributed by atoms with E-state index in [2.05, 4.69) is 0 Å². The molecule has 1 aliphatic rings. The largest absolute Gasteiger partial charge is 0.507 e. The second-order valence-electron chi connectivity index (χ2n) is 3.52. The van der Waals surface area contributed by atoms with Crippen LogP contribution in [0.1, 0.15) is 25.1 Å². The highest BCUT2D eigenvalue weighted by atomic mass is 19.1. The maximum absolute atomic E-state index is 13.1. The lowest BCUT2D eigenvalue weighted by atomic mass is 10.1. The molecule has 1 N–H and O–H groups in total. The van der Waals surface area contributed by atoms with E-state index in [4.69, 9.17) is 9.47 Å². The number of fused-ring (bicyclic) bond motifs is 1. The SMILES string of the molecule is CC(F)c1cc2c(cc1O)OCCCO2. The van der Waals surface area contributed by atoms with Crippen molar-refractivity contribution < 1.29 is 19.0 Å². The first-order valence-electron chi connectivity index (χ1n) is 4.95.